The third-order valence-electron chi connectivity index (χ3n) is 2.07. The standard InChI is InChI=1S/C11H12BrNO.ClH/c1-11(2)7-14-10(13-11)8-5-3-4-6-9(8)12;/h3-6H,7H2,1-2H3;1H. The van der Waals surface area contributed by atoms with Crippen LogP contribution in [-0.4, -0.2) is 18.0 Å². The maximum atomic E-state index is 5.56. The molecule has 1 aromatic rings. The van der Waals surface area contributed by atoms with Gasteiger partial charge in [-0.05, 0) is 41.9 Å². The lowest BCUT2D eigenvalue weighted by Gasteiger charge is -2.07. The molecule has 2 nitrogen and oxygen atoms in total. The van der Waals surface area contributed by atoms with E-state index in [0.29, 0.717) is 6.61 Å². The Bertz CT molecular complexity index is 390. The summed E-state index contributed by atoms with van der Waals surface area (Å²) in [5, 5.41) is 0. The molecule has 0 atom stereocenters. The molecule has 0 amide bonds. The van der Waals surface area contributed by atoms with E-state index >= 15 is 0 Å². The highest BCUT2D eigenvalue weighted by Crippen LogP contribution is 2.24. The number of hydrogen-bond acceptors (Lipinski definition) is 2. The van der Waals surface area contributed by atoms with Crippen LogP contribution in [0.1, 0.15) is 19.4 Å². The first-order chi connectivity index (χ1) is 6.58. The van der Waals surface area contributed by atoms with Gasteiger partial charge in [-0.2, -0.15) is 0 Å². The number of nitrogens with zero attached hydrogens (tertiary/aromatic N) is 1. The van der Waals surface area contributed by atoms with Gasteiger partial charge in [0, 0.05) is 4.47 Å². The van der Waals surface area contributed by atoms with E-state index in [2.05, 4.69) is 34.8 Å². The lowest BCUT2D eigenvalue weighted by atomic mass is 10.1. The fraction of sp³-hybridized carbons (Fsp3) is 0.364. The quantitative estimate of drug-likeness (QED) is 0.776. The van der Waals surface area contributed by atoms with Gasteiger partial charge in [0.2, 0.25) is 5.90 Å². The zero-order valence-electron chi connectivity index (χ0n) is 8.66. The topological polar surface area (TPSA) is 21.6 Å². The second-order valence-electron chi connectivity index (χ2n) is 4.00. The van der Waals surface area contributed by atoms with Crippen LogP contribution < -0.4 is 0 Å². The minimum Gasteiger partial charge on any atom is -0.475 e. The van der Waals surface area contributed by atoms with Crippen LogP contribution in [0.15, 0.2) is 33.7 Å². The molecule has 0 radical (unpaired) electrons. The summed E-state index contributed by atoms with van der Waals surface area (Å²) in [4.78, 5) is 4.52. The predicted molar refractivity (Wildman–Crippen MR) is 68.0 cm³/mol. The van der Waals surface area contributed by atoms with E-state index in [-0.39, 0.29) is 17.9 Å². The van der Waals surface area contributed by atoms with Crippen molar-refractivity contribution in [2.24, 2.45) is 4.99 Å². The molecule has 0 unspecified atom stereocenters. The maximum Gasteiger partial charge on any atom is 0.217 e. The molecule has 1 aromatic carbocycles. The van der Waals surface area contributed by atoms with Crippen LogP contribution in [0.25, 0.3) is 0 Å². The Morgan fingerprint density at radius 2 is 2.00 bits per heavy atom. The lowest BCUT2D eigenvalue weighted by Crippen LogP contribution is -2.17. The first-order valence-corrected chi connectivity index (χ1v) is 5.35. The van der Waals surface area contributed by atoms with Gasteiger partial charge in [-0.1, -0.05) is 12.1 Å². The van der Waals surface area contributed by atoms with Crippen LogP contribution in [-0.2, 0) is 4.74 Å². The fourth-order valence-corrected chi connectivity index (χ4v) is 1.81. The van der Waals surface area contributed by atoms with Crippen molar-refractivity contribution in [2.75, 3.05) is 6.61 Å². The molecule has 0 fully saturated rings. The molecule has 2 rings (SSSR count). The summed E-state index contributed by atoms with van der Waals surface area (Å²) in [5.41, 5.74) is 0.933. The molecule has 1 aliphatic rings. The van der Waals surface area contributed by atoms with E-state index in [1.807, 2.05) is 24.3 Å². The van der Waals surface area contributed by atoms with Crippen molar-refractivity contribution in [1.29, 1.82) is 0 Å². The van der Waals surface area contributed by atoms with Crippen molar-refractivity contribution in [1.82, 2.24) is 0 Å². The molecule has 0 aromatic heterocycles. The minimum absolute atomic E-state index is 0. The molecule has 82 valence electrons. The van der Waals surface area contributed by atoms with Gasteiger partial charge in [-0.15, -0.1) is 12.4 Å². The normalized spacial score (nSPS) is 17.7. The molecule has 0 saturated heterocycles. The van der Waals surface area contributed by atoms with Gasteiger partial charge in [0.25, 0.3) is 0 Å². The van der Waals surface area contributed by atoms with Gasteiger partial charge in [0.05, 0.1) is 11.1 Å². The molecule has 1 aliphatic heterocycles. The third kappa shape index (κ3) is 2.73. The van der Waals surface area contributed by atoms with Gasteiger partial charge >= 0.3 is 0 Å². The Labute approximate surface area is 104 Å². The van der Waals surface area contributed by atoms with E-state index in [0.717, 1.165) is 15.9 Å². The number of aliphatic imine (C=N–C) groups is 1. The molecule has 4 heteroatoms. The second kappa shape index (κ2) is 4.54. The largest absolute Gasteiger partial charge is 0.475 e. The number of benzene rings is 1. The fourth-order valence-electron chi connectivity index (χ4n) is 1.36. The van der Waals surface area contributed by atoms with E-state index in [1.165, 1.54) is 0 Å². The van der Waals surface area contributed by atoms with Crippen molar-refractivity contribution in [2.45, 2.75) is 19.4 Å². The molecular weight excluding hydrogens is 277 g/mol. The van der Waals surface area contributed by atoms with Crippen LogP contribution in [0.3, 0.4) is 0 Å². The summed E-state index contributed by atoms with van der Waals surface area (Å²) in [5.74, 6) is 0.738. The molecule has 1 heterocycles. The highest BCUT2D eigenvalue weighted by molar-refractivity contribution is 9.10. The van der Waals surface area contributed by atoms with Gasteiger partial charge in [-0.3, -0.25) is 0 Å². The van der Waals surface area contributed by atoms with E-state index in [4.69, 9.17) is 4.74 Å². The third-order valence-corrected chi connectivity index (χ3v) is 2.76. The summed E-state index contributed by atoms with van der Waals surface area (Å²) in [7, 11) is 0. The molecule has 0 N–H and O–H groups in total. The lowest BCUT2D eigenvalue weighted by molar-refractivity contribution is 0.279. The van der Waals surface area contributed by atoms with Crippen molar-refractivity contribution in [3.05, 3.63) is 34.3 Å². The summed E-state index contributed by atoms with van der Waals surface area (Å²) in [6, 6.07) is 7.96. The van der Waals surface area contributed by atoms with E-state index in [1.54, 1.807) is 0 Å². The van der Waals surface area contributed by atoms with Crippen molar-refractivity contribution in [3.8, 4) is 0 Å². The van der Waals surface area contributed by atoms with Crippen LogP contribution in [0.4, 0.5) is 0 Å². The van der Waals surface area contributed by atoms with Gasteiger partial charge in [0.1, 0.15) is 6.61 Å². The monoisotopic (exact) mass is 289 g/mol. The Hall–Kier alpha value is -0.540. The maximum absolute atomic E-state index is 5.56. The highest BCUT2D eigenvalue weighted by atomic mass is 79.9. The Kier molecular flexibility index (Phi) is 3.79. The SMILES string of the molecule is CC1(C)COC(c2ccccc2Br)=N1.Cl. The molecule has 0 spiro atoms. The highest BCUT2D eigenvalue weighted by Gasteiger charge is 2.27. The summed E-state index contributed by atoms with van der Waals surface area (Å²) >= 11 is 3.48. The van der Waals surface area contributed by atoms with Crippen molar-refractivity contribution >= 4 is 34.2 Å². The van der Waals surface area contributed by atoms with Crippen LogP contribution in [0.2, 0.25) is 0 Å². The predicted octanol–water partition coefficient (Wildman–Crippen LogP) is 3.43. The van der Waals surface area contributed by atoms with Crippen LogP contribution in [0.5, 0.6) is 0 Å². The molecule has 0 aliphatic carbocycles. The Morgan fingerprint density at radius 1 is 1.33 bits per heavy atom. The van der Waals surface area contributed by atoms with Gasteiger partial charge in [-0.25, -0.2) is 4.99 Å². The minimum atomic E-state index is -0.0926. The summed E-state index contributed by atoms with van der Waals surface area (Å²) in [6.45, 7) is 4.79. The zero-order valence-corrected chi connectivity index (χ0v) is 11.1. The Morgan fingerprint density at radius 3 is 2.53 bits per heavy atom. The Balaban J connectivity index is 0.00000112. The van der Waals surface area contributed by atoms with Crippen LogP contribution in [0, 0.1) is 0 Å². The number of rotatable bonds is 1. The molecule has 15 heavy (non-hydrogen) atoms. The number of ether oxygens (including phenoxy) is 1. The summed E-state index contributed by atoms with van der Waals surface area (Å²) < 4.78 is 6.58. The van der Waals surface area contributed by atoms with Crippen LogP contribution >= 0.6 is 28.3 Å². The van der Waals surface area contributed by atoms with E-state index < -0.39 is 0 Å². The molecule has 0 saturated carbocycles. The van der Waals surface area contributed by atoms with Gasteiger partial charge < -0.3 is 4.74 Å². The first kappa shape index (κ1) is 12.5. The van der Waals surface area contributed by atoms with Crippen molar-refractivity contribution < 1.29 is 4.74 Å². The van der Waals surface area contributed by atoms with Gasteiger partial charge in [0.15, 0.2) is 0 Å². The summed E-state index contributed by atoms with van der Waals surface area (Å²) in [6.07, 6.45) is 0. The van der Waals surface area contributed by atoms with E-state index in [9.17, 15) is 0 Å². The number of hydrogen-bond donors (Lipinski definition) is 0. The average molecular weight is 291 g/mol. The zero-order chi connectivity index (χ0) is 10.2. The second-order valence-corrected chi connectivity index (χ2v) is 4.85. The average Bonchev–Trinajstić information content (AvgIpc) is 2.47. The van der Waals surface area contributed by atoms with Crippen molar-refractivity contribution in [3.63, 3.8) is 0 Å². The molecular formula is C11H13BrClNO. The smallest absolute Gasteiger partial charge is 0.217 e. The molecule has 0 bridgehead atoms. The number of halogens is 2. The first-order valence-electron chi connectivity index (χ1n) is 4.56.